The number of hydrogen-bond acceptors (Lipinski definition) is 8. The van der Waals surface area contributed by atoms with E-state index in [-0.39, 0.29) is 30.3 Å². The molecule has 2 aromatic rings. The van der Waals surface area contributed by atoms with Crippen LogP contribution in [0.3, 0.4) is 0 Å². The number of ketones is 2. The molecule has 38 heavy (non-hydrogen) atoms. The van der Waals surface area contributed by atoms with Crippen molar-refractivity contribution in [2.45, 2.75) is 58.3 Å². The van der Waals surface area contributed by atoms with Crippen molar-refractivity contribution in [3.8, 4) is 11.5 Å². The minimum absolute atomic E-state index is 0.00204. The Hall–Kier alpha value is -3.23. The summed E-state index contributed by atoms with van der Waals surface area (Å²) in [5, 5.41) is 22.7. The third-order valence-corrected chi connectivity index (χ3v) is 6.63. The van der Waals surface area contributed by atoms with Gasteiger partial charge in [-0.15, -0.1) is 0 Å². The molecule has 5 N–H and O–H groups in total. The standard InChI is InChI=1S/C30H43N3O5/c1-21(19-32-2)14-22(7-5-13-34)6-4-8-26(35)18-27(36)11-10-24-17-29(38-3)28(37)16-25(24)15-23-9-12-30(31)33-20-23/h9-12,16-17,20-22,32,34,37H,4-8,13-15,18-19H2,1-3H3,(H2,31,33)/b11-10+/t21-,22+/m1/s1. The molecule has 8 nitrogen and oxygen atoms in total. The van der Waals surface area contributed by atoms with Crippen LogP contribution in [0, 0.1) is 11.8 Å². The van der Waals surface area contributed by atoms with Crippen LogP contribution in [0.1, 0.15) is 68.6 Å². The van der Waals surface area contributed by atoms with Gasteiger partial charge in [0.2, 0.25) is 0 Å². The number of carbonyl (C=O) groups excluding carboxylic acids is 2. The molecule has 1 aromatic heterocycles. The van der Waals surface area contributed by atoms with Gasteiger partial charge in [-0.3, -0.25) is 9.59 Å². The molecule has 208 valence electrons. The highest BCUT2D eigenvalue weighted by atomic mass is 16.5. The Labute approximate surface area is 226 Å². The van der Waals surface area contributed by atoms with Gasteiger partial charge in [-0.2, -0.15) is 0 Å². The van der Waals surface area contributed by atoms with Crippen molar-refractivity contribution in [2.24, 2.45) is 11.8 Å². The van der Waals surface area contributed by atoms with Crippen molar-refractivity contribution in [1.29, 1.82) is 0 Å². The van der Waals surface area contributed by atoms with E-state index in [4.69, 9.17) is 10.5 Å². The van der Waals surface area contributed by atoms with Gasteiger partial charge in [-0.1, -0.05) is 25.5 Å². The molecule has 0 saturated heterocycles. The maximum atomic E-state index is 12.6. The first kappa shape index (κ1) is 31.0. The van der Waals surface area contributed by atoms with Crippen LogP contribution in [-0.2, 0) is 16.0 Å². The van der Waals surface area contributed by atoms with Crippen LogP contribution < -0.4 is 15.8 Å². The third kappa shape index (κ3) is 11.0. The number of rotatable bonds is 18. The van der Waals surface area contributed by atoms with Crippen molar-refractivity contribution in [1.82, 2.24) is 10.3 Å². The second-order valence-electron chi connectivity index (χ2n) is 10.0. The van der Waals surface area contributed by atoms with Gasteiger partial charge in [-0.25, -0.2) is 4.98 Å². The Kier molecular flexibility index (Phi) is 13.5. The molecule has 0 bridgehead atoms. The van der Waals surface area contributed by atoms with Crippen LogP contribution in [0.25, 0.3) is 6.08 Å². The number of anilines is 1. The summed E-state index contributed by atoms with van der Waals surface area (Å²) in [5.41, 5.74) is 8.06. The molecule has 0 saturated carbocycles. The summed E-state index contributed by atoms with van der Waals surface area (Å²) in [4.78, 5) is 29.2. The predicted molar refractivity (Wildman–Crippen MR) is 151 cm³/mol. The van der Waals surface area contributed by atoms with E-state index in [0.717, 1.165) is 49.8 Å². The van der Waals surface area contributed by atoms with Crippen LogP contribution in [-0.4, -0.2) is 54.1 Å². The van der Waals surface area contributed by atoms with Gasteiger partial charge in [-0.05, 0) is 98.5 Å². The number of phenols is 1. The molecule has 1 heterocycles. The molecule has 0 unspecified atom stereocenters. The summed E-state index contributed by atoms with van der Waals surface area (Å²) in [6.07, 6.45) is 9.89. The lowest BCUT2D eigenvalue weighted by Crippen LogP contribution is -2.19. The number of nitrogens with two attached hydrogens (primary N) is 1. The Morgan fingerprint density at radius 2 is 1.97 bits per heavy atom. The number of aromatic nitrogens is 1. The Balaban J connectivity index is 1.96. The first-order chi connectivity index (χ1) is 18.2. The molecule has 0 aliphatic rings. The predicted octanol–water partition coefficient (Wildman–Crippen LogP) is 4.31. The largest absolute Gasteiger partial charge is 0.504 e. The minimum Gasteiger partial charge on any atom is -0.504 e. The quantitative estimate of drug-likeness (QED) is 0.167. The van der Waals surface area contributed by atoms with Gasteiger partial charge in [0.25, 0.3) is 0 Å². The number of aromatic hydroxyl groups is 1. The van der Waals surface area contributed by atoms with Crippen LogP contribution in [0.5, 0.6) is 11.5 Å². The average Bonchev–Trinajstić information content (AvgIpc) is 2.88. The number of nitrogen functional groups attached to an aromatic ring is 1. The summed E-state index contributed by atoms with van der Waals surface area (Å²) in [7, 11) is 3.41. The van der Waals surface area contributed by atoms with E-state index in [1.807, 2.05) is 13.1 Å². The van der Waals surface area contributed by atoms with E-state index in [1.54, 1.807) is 30.5 Å². The van der Waals surface area contributed by atoms with Crippen LogP contribution >= 0.6 is 0 Å². The molecule has 8 heteroatoms. The normalized spacial score (nSPS) is 12.9. The van der Waals surface area contributed by atoms with E-state index >= 15 is 0 Å². The van der Waals surface area contributed by atoms with E-state index in [2.05, 4.69) is 17.2 Å². The second kappa shape index (κ2) is 16.6. The number of nitrogens with one attached hydrogen (secondary N) is 1. The molecular formula is C30H43N3O5. The van der Waals surface area contributed by atoms with Crippen molar-refractivity contribution in [2.75, 3.05) is 33.0 Å². The number of aliphatic hydroxyl groups is 1. The summed E-state index contributed by atoms with van der Waals surface area (Å²) < 4.78 is 5.23. The van der Waals surface area contributed by atoms with Gasteiger partial charge in [0.15, 0.2) is 17.3 Å². The summed E-state index contributed by atoms with van der Waals surface area (Å²) in [6, 6.07) is 6.84. The number of benzene rings is 1. The SMILES string of the molecule is CNC[C@H](C)C[C@H](CCCO)CCCC(=O)CC(=O)/C=C/c1cc(OC)c(O)cc1Cc1ccc(N)nc1. The van der Waals surface area contributed by atoms with Crippen molar-refractivity contribution in [3.63, 3.8) is 0 Å². The van der Waals surface area contributed by atoms with Gasteiger partial charge >= 0.3 is 0 Å². The molecule has 0 aliphatic heterocycles. The van der Waals surface area contributed by atoms with Crippen LogP contribution in [0.2, 0.25) is 0 Å². The van der Waals surface area contributed by atoms with Crippen molar-refractivity contribution < 1.29 is 24.5 Å². The zero-order chi connectivity index (χ0) is 27.9. The van der Waals surface area contributed by atoms with Crippen LogP contribution in [0.15, 0.2) is 36.5 Å². The lowest BCUT2D eigenvalue weighted by molar-refractivity contribution is -0.124. The smallest absolute Gasteiger partial charge is 0.163 e. The van der Waals surface area contributed by atoms with Gasteiger partial charge < -0.3 is 26.0 Å². The monoisotopic (exact) mass is 525 g/mol. The molecule has 0 spiro atoms. The molecular weight excluding hydrogens is 482 g/mol. The number of phenolic OH excluding ortho intramolecular Hbond substituents is 1. The van der Waals surface area contributed by atoms with Gasteiger partial charge in [0, 0.05) is 19.2 Å². The maximum Gasteiger partial charge on any atom is 0.163 e. The summed E-state index contributed by atoms with van der Waals surface area (Å²) in [5.74, 6) is 1.39. The Bertz CT molecular complexity index is 1050. The van der Waals surface area contributed by atoms with Crippen molar-refractivity contribution >= 4 is 23.5 Å². The highest BCUT2D eigenvalue weighted by molar-refractivity contribution is 6.06. The topological polar surface area (TPSA) is 135 Å². The average molecular weight is 526 g/mol. The first-order valence-electron chi connectivity index (χ1n) is 13.3. The molecule has 1 aromatic carbocycles. The third-order valence-electron chi connectivity index (χ3n) is 6.63. The molecule has 0 radical (unpaired) electrons. The number of allylic oxidation sites excluding steroid dienone is 1. The minimum atomic E-state index is -0.262. The van der Waals surface area contributed by atoms with E-state index < -0.39 is 0 Å². The fourth-order valence-corrected chi connectivity index (χ4v) is 4.73. The number of hydrogen-bond donors (Lipinski definition) is 4. The summed E-state index contributed by atoms with van der Waals surface area (Å²) in [6.45, 7) is 3.34. The number of nitrogens with zero attached hydrogens (tertiary/aromatic N) is 1. The Morgan fingerprint density at radius 1 is 1.21 bits per heavy atom. The van der Waals surface area contributed by atoms with Gasteiger partial charge in [0.05, 0.1) is 13.5 Å². The van der Waals surface area contributed by atoms with E-state index in [1.165, 1.54) is 13.2 Å². The van der Waals surface area contributed by atoms with E-state index in [0.29, 0.717) is 41.8 Å². The zero-order valence-corrected chi connectivity index (χ0v) is 22.9. The molecule has 0 fully saturated rings. The van der Waals surface area contributed by atoms with E-state index in [9.17, 15) is 19.8 Å². The number of aliphatic hydroxyl groups excluding tert-OH is 1. The Morgan fingerprint density at radius 3 is 2.63 bits per heavy atom. The number of Topliss-reactive ketones (excluding diaryl/α,β-unsaturated/α-hetero) is 1. The lowest BCUT2D eigenvalue weighted by atomic mass is 9.87. The molecule has 0 aliphatic carbocycles. The molecule has 2 atom stereocenters. The molecule has 2 rings (SSSR count). The second-order valence-corrected chi connectivity index (χ2v) is 10.0. The number of ether oxygens (including phenoxy) is 1. The highest BCUT2D eigenvalue weighted by Gasteiger charge is 2.15. The van der Waals surface area contributed by atoms with Gasteiger partial charge in [0.1, 0.15) is 11.6 Å². The highest BCUT2D eigenvalue weighted by Crippen LogP contribution is 2.31. The zero-order valence-electron chi connectivity index (χ0n) is 22.9. The maximum absolute atomic E-state index is 12.6. The molecule has 0 amide bonds. The number of methoxy groups -OCH3 is 1. The van der Waals surface area contributed by atoms with Crippen molar-refractivity contribution in [3.05, 3.63) is 53.2 Å². The fraction of sp³-hybridized carbons (Fsp3) is 0.500. The summed E-state index contributed by atoms with van der Waals surface area (Å²) >= 11 is 0. The number of pyridine rings is 1. The fourth-order valence-electron chi connectivity index (χ4n) is 4.73. The first-order valence-corrected chi connectivity index (χ1v) is 13.3. The van der Waals surface area contributed by atoms with Crippen LogP contribution in [0.4, 0.5) is 5.82 Å². The number of carbonyl (C=O) groups is 2. The lowest BCUT2D eigenvalue weighted by Gasteiger charge is -2.20.